The molecule has 2 aromatic carbocycles. The first-order valence-corrected chi connectivity index (χ1v) is 20.9. The van der Waals surface area contributed by atoms with Crippen LogP contribution in [-0.2, 0) is 10.0 Å². The average Bonchev–Trinajstić information content (AvgIpc) is 3.98. The number of sulfonamides is 1. The van der Waals surface area contributed by atoms with Gasteiger partial charge in [-0.15, -0.1) is 4.98 Å². The molecule has 11 nitrogen and oxygen atoms in total. The van der Waals surface area contributed by atoms with Crippen LogP contribution in [0.3, 0.4) is 0 Å². The summed E-state index contributed by atoms with van der Waals surface area (Å²) in [6, 6.07) is 12.4. The van der Waals surface area contributed by atoms with E-state index in [2.05, 4.69) is 44.1 Å². The standard InChI is InChI=1S/C43H46F2N6O5S.CH3.Li/c1-26(2)43(44,45)42(19-20-42)18-17-31-23-47-36(24-46-31)34-16-8-15-33(29-11-6-12-29)37(48-34)25-56-38-22-35(39-27(3)9-5-10-28(39)4)49-41(50-38)51-57(54,55)32-14-7-13-30(21-32)40(52)53;;/h5,7,9-10,13-14,17,21-22,24,29,33-34,37,48H,1,6,8,11-12,15-16,19-20,25H2,2-4H3,(H,52,53)(H,49,50,51);1H3;/q-2;-1;+1/p+1/t33-,34-,37-;;/m0../s1. The van der Waals surface area contributed by atoms with Crippen LogP contribution < -0.4 is 33.6 Å². The minimum absolute atomic E-state index is 0. The maximum Gasteiger partial charge on any atom is 1.00 e. The van der Waals surface area contributed by atoms with Crippen LogP contribution in [0.25, 0.3) is 17.3 Å². The van der Waals surface area contributed by atoms with Crippen LogP contribution in [0.1, 0.15) is 97.2 Å². The van der Waals surface area contributed by atoms with Gasteiger partial charge in [0.05, 0.1) is 11.3 Å². The molecule has 7 rings (SSSR count). The van der Waals surface area contributed by atoms with Gasteiger partial charge in [-0.05, 0) is 97.7 Å². The molecular formula is C44H50F2LiN6O5S-. The molecule has 0 bridgehead atoms. The Kier molecular flexibility index (Phi) is 14.4. The van der Waals surface area contributed by atoms with Crippen molar-refractivity contribution >= 4 is 28.0 Å². The molecular weight excluding hydrogens is 770 g/mol. The van der Waals surface area contributed by atoms with E-state index in [4.69, 9.17) is 4.74 Å². The zero-order valence-corrected chi connectivity index (χ0v) is 35.1. The number of carboxylic acid groups (broad SMARTS) is 1. The quantitative estimate of drug-likeness (QED) is 0.0935. The third-order valence-electron chi connectivity index (χ3n) is 11.6. The molecule has 3 fully saturated rings. The van der Waals surface area contributed by atoms with Crippen molar-refractivity contribution in [1.82, 2.24) is 25.3 Å². The number of nitrogens with one attached hydrogen (secondary N) is 1. The van der Waals surface area contributed by atoms with Gasteiger partial charge in [-0.3, -0.25) is 0 Å². The van der Waals surface area contributed by atoms with Crippen molar-refractivity contribution < 1.29 is 55.4 Å². The van der Waals surface area contributed by atoms with Crippen LogP contribution in [0, 0.1) is 50.8 Å². The molecule has 15 heteroatoms. The minimum Gasteiger partial charge on any atom is -0.478 e. The molecule has 0 amide bonds. The molecule has 0 radical (unpaired) electrons. The van der Waals surface area contributed by atoms with E-state index in [0.717, 1.165) is 59.6 Å². The fourth-order valence-electron chi connectivity index (χ4n) is 8.01. The number of aromatic nitrogens is 4. The van der Waals surface area contributed by atoms with E-state index < -0.39 is 27.3 Å². The number of carbonyl (C=O) groups is 1. The number of allylic oxidation sites excluding steroid dienone is 2. The summed E-state index contributed by atoms with van der Waals surface area (Å²) < 4.78 is 64.1. The first-order valence-electron chi connectivity index (χ1n) is 19.3. The average molecular weight is 820 g/mol. The molecule has 2 saturated carbocycles. The van der Waals surface area contributed by atoms with E-state index in [1.807, 2.05) is 32.0 Å². The van der Waals surface area contributed by atoms with Crippen molar-refractivity contribution in [3.63, 3.8) is 0 Å². The second-order valence-corrected chi connectivity index (χ2v) is 17.4. The number of benzene rings is 2. The predicted octanol–water partition coefficient (Wildman–Crippen LogP) is 4.57. The smallest absolute Gasteiger partial charge is 0.478 e. The zero-order chi connectivity index (χ0) is 40.5. The summed E-state index contributed by atoms with van der Waals surface area (Å²) in [5.74, 6) is -3.34. The molecule has 1 saturated heterocycles. The van der Waals surface area contributed by atoms with Crippen molar-refractivity contribution in [2.24, 2.45) is 17.3 Å². The number of hydrogen-bond donors (Lipinski definition) is 3. The van der Waals surface area contributed by atoms with Crippen LogP contribution in [0.15, 0.2) is 71.8 Å². The normalized spacial score (nSPS) is 20.4. The number of aromatic carboxylic acids is 1. The van der Waals surface area contributed by atoms with Crippen molar-refractivity contribution in [3.8, 4) is 17.1 Å². The summed E-state index contributed by atoms with van der Waals surface area (Å²) in [6.07, 6.45) is 15.8. The van der Waals surface area contributed by atoms with Crippen LogP contribution in [0.5, 0.6) is 5.88 Å². The first-order chi connectivity index (χ1) is 27.2. The third kappa shape index (κ3) is 10.0. The number of nitrogens with zero attached hydrogens (tertiary/aromatic N) is 4. The van der Waals surface area contributed by atoms with E-state index in [-0.39, 0.29) is 72.8 Å². The Morgan fingerprint density at radius 2 is 1.80 bits per heavy atom. The molecule has 1 aliphatic heterocycles. The molecule has 3 atom stereocenters. The zero-order valence-electron chi connectivity index (χ0n) is 34.3. The van der Waals surface area contributed by atoms with Gasteiger partial charge in [0.2, 0.25) is 5.88 Å². The molecule has 308 valence electrons. The predicted molar refractivity (Wildman–Crippen MR) is 215 cm³/mol. The minimum atomic E-state index is -4.16. The second-order valence-electron chi connectivity index (χ2n) is 15.7. The molecule has 2 aliphatic carbocycles. The van der Waals surface area contributed by atoms with Crippen LogP contribution in [0.2, 0.25) is 0 Å². The van der Waals surface area contributed by atoms with E-state index in [1.54, 1.807) is 12.3 Å². The fraction of sp³-hybridized carbons (Fsp3) is 0.409. The summed E-state index contributed by atoms with van der Waals surface area (Å²) in [7, 11) is -4.16. The summed E-state index contributed by atoms with van der Waals surface area (Å²) >= 11 is 0. The number of primary sulfonamides is 1. The Bertz CT molecular complexity index is 2280. The molecule has 3 heterocycles. The van der Waals surface area contributed by atoms with Crippen LogP contribution >= 0.6 is 0 Å². The van der Waals surface area contributed by atoms with Gasteiger partial charge < -0.3 is 44.7 Å². The van der Waals surface area contributed by atoms with Gasteiger partial charge in [0.1, 0.15) is 11.5 Å². The van der Waals surface area contributed by atoms with Crippen molar-refractivity contribution in [2.45, 2.75) is 95.0 Å². The summed E-state index contributed by atoms with van der Waals surface area (Å²) in [5.41, 5.74) is 2.52. The number of nitrogens with two attached hydrogens (primary N) is 1. The van der Waals surface area contributed by atoms with Crippen molar-refractivity contribution in [1.29, 1.82) is 0 Å². The number of carboxylic acids is 1. The van der Waals surface area contributed by atoms with Gasteiger partial charge >= 0.3 is 40.8 Å². The van der Waals surface area contributed by atoms with Crippen molar-refractivity contribution in [2.75, 3.05) is 6.61 Å². The topological polar surface area (TPSA) is 161 Å². The Hall–Kier alpha value is -4.32. The molecule has 3 aliphatic rings. The number of hydrogen-bond acceptors (Lipinski definition) is 9. The summed E-state index contributed by atoms with van der Waals surface area (Å²) in [6.45, 7) is 8.96. The van der Waals surface area contributed by atoms with E-state index in [0.29, 0.717) is 41.8 Å². The number of aryl methyl sites for hydroxylation is 2. The van der Waals surface area contributed by atoms with Gasteiger partial charge in [0.25, 0.3) is 5.92 Å². The molecule has 59 heavy (non-hydrogen) atoms. The fourth-order valence-corrected chi connectivity index (χ4v) is 9.09. The Balaban J connectivity index is 0.00000331. The van der Waals surface area contributed by atoms with E-state index in [1.165, 1.54) is 37.6 Å². The number of rotatable bonds is 14. The van der Waals surface area contributed by atoms with Gasteiger partial charge in [-0.25, -0.2) is 13.6 Å². The molecule has 4 aromatic rings. The number of alkyl halides is 2. The van der Waals surface area contributed by atoms with E-state index in [9.17, 15) is 27.1 Å². The number of ether oxygens (including phenoxy) is 1. The molecule has 4 N–H and O–H groups in total. The SMILES string of the molecule is C=C(C)C(F)(F)C1([C-]=Cc2[c-]nc([C@@H]3CCC[C@@H](C4CCC4)[C@H](COc4cc(-c5c(C)cccc5C)nc([NH2+]S(=O)(=O)c5cccc(C(=O)O)c5)n4)N3)cn2)CC1.[CH3-].[Li+]. The number of quaternary nitrogens is 1. The Labute approximate surface area is 357 Å². The van der Waals surface area contributed by atoms with Crippen molar-refractivity contribution in [3.05, 3.63) is 115 Å². The van der Waals surface area contributed by atoms with Gasteiger partial charge in [0.15, 0.2) is 0 Å². The number of halogens is 2. The maximum atomic E-state index is 14.8. The van der Waals surface area contributed by atoms with E-state index >= 15 is 0 Å². The third-order valence-corrected chi connectivity index (χ3v) is 13.1. The molecule has 0 spiro atoms. The maximum absolute atomic E-state index is 14.8. The second kappa shape index (κ2) is 18.5. The first kappa shape index (κ1) is 45.8. The molecule has 0 unspecified atom stereocenters. The Morgan fingerprint density at radius 3 is 2.41 bits per heavy atom. The van der Waals surface area contributed by atoms with Gasteiger partial charge in [-0.2, -0.15) is 30.0 Å². The van der Waals surface area contributed by atoms with Crippen LogP contribution in [-0.4, -0.2) is 58.0 Å². The van der Waals surface area contributed by atoms with Gasteiger partial charge in [0, 0.05) is 23.7 Å². The summed E-state index contributed by atoms with van der Waals surface area (Å²) in [4.78, 5) is 29.7. The summed E-state index contributed by atoms with van der Waals surface area (Å²) in [5, 5.41) is 13.3. The Morgan fingerprint density at radius 1 is 1.10 bits per heavy atom. The molecule has 2 aromatic heterocycles. The monoisotopic (exact) mass is 819 g/mol. The largest absolute Gasteiger partial charge is 1.00 e. The van der Waals surface area contributed by atoms with Gasteiger partial charge in [-0.1, -0.05) is 69.4 Å². The van der Waals surface area contributed by atoms with Crippen LogP contribution in [0.4, 0.5) is 14.7 Å².